The Labute approximate surface area is 421 Å². The van der Waals surface area contributed by atoms with Crippen LogP contribution in [-0.4, -0.2) is 49.7 Å². The monoisotopic (exact) mass is 949 g/mol. The molecule has 350 valence electrons. The Balaban J connectivity index is 1.11. The first-order chi connectivity index (χ1) is 35.7. The first-order valence-electron chi connectivity index (χ1n) is 23.6. The lowest BCUT2D eigenvalue weighted by molar-refractivity contribution is 0.100. The van der Waals surface area contributed by atoms with Crippen LogP contribution in [0.4, 0.5) is 0 Å². The van der Waals surface area contributed by atoms with E-state index in [9.17, 15) is 14.4 Å². The van der Waals surface area contributed by atoms with Gasteiger partial charge in [0.05, 0.1) is 5.70 Å². The maximum atomic E-state index is 15.2. The first-order valence-corrected chi connectivity index (χ1v) is 23.6. The molecule has 2 heterocycles. The van der Waals surface area contributed by atoms with E-state index in [1.165, 1.54) is 6.08 Å². The zero-order valence-corrected chi connectivity index (χ0v) is 39.4. The largest absolute Gasteiger partial charge is 0.334 e. The van der Waals surface area contributed by atoms with Crippen molar-refractivity contribution in [3.63, 3.8) is 0 Å². The molecule has 73 heavy (non-hydrogen) atoms. The number of benzene rings is 8. The van der Waals surface area contributed by atoms with Gasteiger partial charge in [0.15, 0.2) is 5.84 Å². The normalized spacial score (nSPS) is 13.1. The number of hydrogen-bond donors (Lipinski definition) is 1. The van der Waals surface area contributed by atoms with Crippen LogP contribution in [0.3, 0.4) is 0 Å². The number of carbonyl (C=O) groups is 5. The number of carbonyl (C=O) groups excluding carboxylic acids is 5. The summed E-state index contributed by atoms with van der Waals surface area (Å²) in [6.45, 7) is 1.72. The van der Waals surface area contributed by atoms with Crippen LogP contribution >= 0.6 is 0 Å². The van der Waals surface area contributed by atoms with E-state index in [0.717, 1.165) is 22.3 Å². The Hall–Kier alpha value is -9.93. The number of Topliss-reactive ketones (excluding diaryl/α,β-unsaturated/α-hetero) is 3. The minimum Gasteiger partial charge on any atom is -0.334 e. The number of amidine groups is 1. The molecule has 1 N–H and O–H groups in total. The van der Waals surface area contributed by atoms with Gasteiger partial charge in [-0.1, -0.05) is 224 Å². The molecule has 0 aliphatic carbocycles. The highest BCUT2D eigenvalue weighted by Crippen LogP contribution is 2.31. The predicted molar refractivity (Wildman–Crippen MR) is 283 cm³/mol. The number of allylic oxidation sites excluding steroid dienone is 4. The van der Waals surface area contributed by atoms with E-state index in [-0.39, 0.29) is 40.3 Å². The molecule has 0 spiro atoms. The van der Waals surface area contributed by atoms with Crippen molar-refractivity contribution in [1.29, 1.82) is 0 Å². The summed E-state index contributed by atoms with van der Waals surface area (Å²) in [5, 5.41) is 3.01. The minimum absolute atomic E-state index is 0.00858. The molecule has 0 atom stereocenters. The molecule has 0 bridgehead atoms. The van der Waals surface area contributed by atoms with Crippen LogP contribution in [0, 0.1) is 0 Å². The van der Waals surface area contributed by atoms with E-state index in [4.69, 9.17) is 4.99 Å². The molecule has 0 unspecified atom stereocenters. The fraction of sp³-hybridized carbons (Fsp3) is 0.0317. The van der Waals surface area contributed by atoms with Crippen molar-refractivity contribution in [2.24, 2.45) is 4.99 Å². The maximum absolute atomic E-state index is 15.2. The van der Waals surface area contributed by atoms with Crippen LogP contribution in [0.2, 0.25) is 0 Å². The van der Waals surface area contributed by atoms with Crippen molar-refractivity contribution in [3.8, 4) is 44.5 Å². The smallest absolute Gasteiger partial charge is 0.246 e. The van der Waals surface area contributed by atoms with Crippen LogP contribution < -0.4 is 5.32 Å². The lowest BCUT2D eigenvalue weighted by Crippen LogP contribution is -2.36. The van der Waals surface area contributed by atoms with E-state index in [2.05, 4.69) is 20.3 Å². The van der Waals surface area contributed by atoms with Gasteiger partial charge in [-0.2, -0.15) is 0 Å². The second-order valence-electron chi connectivity index (χ2n) is 17.1. The Bertz CT molecular complexity index is 3610. The molecule has 10 rings (SSSR count). The van der Waals surface area contributed by atoms with Crippen LogP contribution in [0.15, 0.2) is 246 Å². The predicted octanol–water partition coefficient (Wildman–Crippen LogP) is 12.5. The second kappa shape index (κ2) is 21.0. The van der Waals surface area contributed by atoms with Gasteiger partial charge in [-0.25, -0.2) is 19.9 Å². The van der Waals surface area contributed by atoms with Gasteiger partial charge in [0.2, 0.25) is 46.4 Å². The average Bonchev–Trinajstić information content (AvgIpc) is 3.46. The highest BCUT2D eigenvalue weighted by atomic mass is 16.2. The number of aliphatic imine (C=N–C) groups is 1. The number of hydrogen-bond acceptors (Lipinski definition) is 10. The van der Waals surface area contributed by atoms with Crippen LogP contribution in [-0.2, 0) is 0 Å². The van der Waals surface area contributed by atoms with Gasteiger partial charge in [0.25, 0.3) is 0 Å². The number of nitrogens with one attached hydrogen (secondary N) is 1. The third kappa shape index (κ3) is 9.81. The number of ketones is 5. The summed E-state index contributed by atoms with van der Waals surface area (Å²) in [7, 11) is 0. The van der Waals surface area contributed by atoms with Crippen molar-refractivity contribution >= 4 is 34.8 Å². The molecule has 10 nitrogen and oxygen atoms in total. The molecule has 1 aromatic heterocycles. The molecule has 0 saturated heterocycles. The molecular weight excluding hydrogens is 907 g/mol. The maximum Gasteiger partial charge on any atom is 0.246 e. The third-order valence-electron chi connectivity index (χ3n) is 12.4. The van der Waals surface area contributed by atoms with E-state index in [1.807, 2.05) is 146 Å². The van der Waals surface area contributed by atoms with Crippen molar-refractivity contribution in [2.75, 3.05) is 0 Å². The SMILES string of the molecule is CC1=C(C(=O)c2ccccc2-c2ccccc2)N=C(C(=O)c2ccccc2-c2ccccc2)N/C(C(=O)c2nc(C(=O)c3ccccc3-c3ccccc3)nc(C(=O)c3ccccc3-c3ccccc3)n2)=C/C1. The Morgan fingerprint density at radius 3 is 1.03 bits per heavy atom. The molecule has 1 aliphatic heterocycles. The topological polar surface area (TPSA) is 148 Å². The van der Waals surface area contributed by atoms with Crippen molar-refractivity contribution < 1.29 is 24.0 Å². The fourth-order valence-electron chi connectivity index (χ4n) is 8.77. The van der Waals surface area contributed by atoms with Gasteiger partial charge in [0.1, 0.15) is 5.70 Å². The lowest BCUT2D eigenvalue weighted by Gasteiger charge is -2.19. The van der Waals surface area contributed by atoms with Gasteiger partial charge < -0.3 is 5.32 Å². The number of nitrogens with zero attached hydrogens (tertiary/aromatic N) is 4. The first kappa shape index (κ1) is 46.8. The summed E-state index contributed by atoms with van der Waals surface area (Å²) in [6, 6.07) is 65.6. The quantitative estimate of drug-likeness (QED) is 0.105. The average molecular weight is 950 g/mol. The Kier molecular flexibility index (Phi) is 13.4. The molecule has 0 fully saturated rings. The second-order valence-corrected chi connectivity index (χ2v) is 17.1. The molecular formula is C63H43N5O5. The molecule has 0 radical (unpaired) electrons. The van der Waals surface area contributed by atoms with Gasteiger partial charge in [0, 0.05) is 22.3 Å². The molecule has 1 aliphatic rings. The number of aromatic nitrogens is 3. The summed E-state index contributed by atoms with van der Waals surface area (Å²) in [6.07, 6.45) is 1.55. The van der Waals surface area contributed by atoms with Crippen LogP contribution in [0.1, 0.15) is 77.0 Å². The van der Waals surface area contributed by atoms with Gasteiger partial charge in [-0.05, 0) is 63.4 Å². The van der Waals surface area contributed by atoms with Crippen LogP contribution in [0.5, 0.6) is 0 Å². The van der Waals surface area contributed by atoms with Gasteiger partial charge >= 0.3 is 0 Å². The van der Waals surface area contributed by atoms with E-state index < -0.39 is 46.4 Å². The third-order valence-corrected chi connectivity index (χ3v) is 12.4. The lowest BCUT2D eigenvalue weighted by atomic mass is 9.93. The standard InChI is InChI=1S/C63H43N5O5/c1-40-38-39-53(64-60(56(70)50-35-19-15-31-46(50)42-24-8-3-9-25-42)65-54(40)55(69)49-34-18-14-30-45(49)41-22-6-2-7-23-41)59(73)63-67-61(57(71)51-36-20-16-32-47(51)43-26-10-4-11-27-43)66-62(68-63)58(72)52-37-21-17-33-48(52)44-28-12-5-13-29-44/h2-37,39H,38H2,1H3,(H,64,65)/b53-39+,54-40?. The zero-order valence-electron chi connectivity index (χ0n) is 39.4. The highest BCUT2D eigenvalue weighted by molar-refractivity contribution is 6.47. The van der Waals surface area contributed by atoms with Crippen LogP contribution in [0.25, 0.3) is 44.5 Å². The Morgan fingerprint density at radius 1 is 0.356 bits per heavy atom. The summed E-state index contributed by atoms with van der Waals surface area (Å²) in [5.74, 6) is -5.01. The van der Waals surface area contributed by atoms with Gasteiger partial charge in [-0.15, -0.1) is 0 Å². The zero-order chi connectivity index (χ0) is 50.3. The fourth-order valence-corrected chi connectivity index (χ4v) is 8.77. The van der Waals surface area contributed by atoms with E-state index >= 15 is 9.59 Å². The molecule has 9 aromatic rings. The minimum atomic E-state index is -0.868. The summed E-state index contributed by atoms with van der Waals surface area (Å²) in [4.78, 5) is 93.3. The molecule has 0 amide bonds. The van der Waals surface area contributed by atoms with Crippen molar-refractivity contribution in [3.05, 3.63) is 281 Å². The molecule has 10 heteroatoms. The molecule has 8 aromatic carbocycles. The summed E-state index contributed by atoms with van der Waals surface area (Å²) in [5.41, 5.74) is 6.88. The van der Waals surface area contributed by atoms with E-state index in [0.29, 0.717) is 33.4 Å². The summed E-state index contributed by atoms with van der Waals surface area (Å²) < 4.78 is 0. The van der Waals surface area contributed by atoms with E-state index in [1.54, 1.807) is 79.7 Å². The number of rotatable bonds is 14. The van der Waals surface area contributed by atoms with Gasteiger partial charge in [-0.3, -0.25) is 24.0 Å². The van der Waals surface area contributed by atoms with Crippen molar-refractivity contribution in [1.82, 2.24) is 20.3 Å². The van der Waals surface area contributed by atoms with Crippen molar-refractivity contribution in [2.45, 2.75) is 13.3 Å². The summed E-state index contributed by atoms with van der Waals surface area (Å²) >= 11 is 0. The Morgan fingerprint density at radius 2 is 0.658 bits per heavy atom. The molecule has 0 saturated carbocycles. The highest BCUT2D eigenvalue weighted by Gasteiger charge is 2.31.